The van der Waals surface area contributed by atoms with Crippen LogP contribution in [0, 0.1) is 13.8 Å². The van der Waals surface area contributed by atoms with Gasteiger partial charge in [-0.2, -0.15) is 5.10 Å². The van der Waals surface area contributed by atoms with Crippen LogP contribution < -0.4 is 9.47 Å². The number of amides is 1. The van der Waals surface area contributed by atoms with Gasteiger partial charge in [0.05, 0.1) is 19.1 Å². The Hall–Kier alpha value is -3.54. The zero-order valence-electron chi connectivity index (χ0n) is 17.3. The Morgan fingerprint density at radius 3 is 2.53 bits per heavy atom. The summed E-state index contributed by atoms with van der Waals surface area (Å²) in [4.78, 5) is 13.0. The van der Waals surface area contributed by atoms with Gasteiger partial charge in [0.1, 0.15) is 23.3 Å². The molecule has 4 rings (SSSR count). The number of hydrogen-bond donors (Lipinski definition) is 0. The van der Waals surface area contributed by atoms with Gasteiger partial charge in [-0.05, 0) is 79.1 Å². The molecule has 1 aliphatic rings. The molecule has 0 N–H and O–H groups in total. The van der Waals surface area contributed by atoms with Crippen molar-refractivity contribution in [2.75, 3.05) is 13.7 Å². The van der Waals surface area contributed by atoms with E-state index in [0.29, 0.717) is 17.9 Å². The maximum absolute atomic E-state index is 13.0. The van der Waals surface area contributed by atoms with E-state index in [2.05, 4.69) is 5.10 Å². The third-order valence-electron chi connectivity index (χ3n) is 5.30. The monoisotopic (exact) mass is 404 g/mol. The molecule has 1 amide bonds. The van der Waals surface area contributed by atoms with Crippen LogP contribution in [-0.2, 0) is 4.79 Å². The van der Waals surface area contributed by atoms with Crippen molar-refractivity contribution >= 4 is 11.6 Å². The van der Waals surface area contributed by atoms with E-state index in [-0.39, 0.29) is 18.6 Å². The number of ether oxygens (including phenoxy) is 2. The fourth-order valence-electron chi connectivity index (χ4n) is 3.42. The second-order valence-electron chi connectivity index (χ2n) is 7.28. The van der Waals surface area contributed by atoms with Gasteiger partial charge in [-0.3, -0.25) is 4.79 Å². The second-order valence-corrected chi connectivity index (χ2v) is 7.28. The lowest BCUT2D eigenvalue weighted by Crippen LogP contribution is -2.31. The SMILES string of the molecule is COc1ccc(C2=NN(C(=O)COc3ccc(C)c(C)c3)C(c3ccco3)C2)cc1. The fraction of sp³-hybridized carbons (Fsp3) is 0.250. The third kappa shape index (κ3) is 4.08. The second kappa shape index (κ2) is 8.45. The molecule has 0 bridgehead atoms. The summed E-state index contributed by atoms with van der Waals surface area (Å²) in [5.74, 6) is 1.91. The highest BCUT2D eigenvalue weighted by Gasteiger charge is 2.35. The van der Waals surface area contributed by atoms with Gasteiger partial charge in [0.2, 0.25) is 0 Å². The average Bonchev–Trinajstić information content (AvgIpc) is 3.44. The van der Waals surface area contributed by atoms with Crippen LogP contribution in [0.4, 0.5) is 0 Å². The normalized spacial score (nSPS) is 15.8. The first-order valence-corrected chi connectivity index (χ1v) is 9.82. The molecule has 0 saturated heterocycles. The summed E-state index contributed by atoms with van der Waals surface area (Å²) < 4.78 is 16.6. The Bertz CT molecular complexity index is 1060. The topological polar surface area (TPSA) is 64.3 Å². The molecule has 0 radical (unpaired) electrons. The first-order chi connectivity index (χ1) is 14.5. The van der Waals surface area contributed by atoms with Crippen molar-refractivity contribution in [1.29, 1.82) is 0 Å². The lowest BCUT2D eigenvalue weighted by Gasteiger charge is -2.20. The number of rotatable bonds is 6. The van der Waals surface area contributed by atoms with Crippen LogP contribution in [0.15, 0.2) is 70.4 Å². The molecule has 0 spiro atoms. The Balaban J connectivity index is 1.54. The van der Waals surface area contributed by atoms with E-state index in [1.54, 1.807) is 13.4 Å². The predicted molar refractivity (Wildman–Crippen MR) is 114 cm³/mol. The number of furan rings is 1. The first kappa shape index (κ1) is 19.8. The third-order valence-corrected chi connectivity index (χ3v) is 5.30. The summed E-state index contributed by atoms with van der Waals surface area (Å²) >= 11 is 0. The van der Waals surface area contributed by atoms with Crippen LogP contribution in [0.1, 0.15) is 34.9 Å². The molecule has 6 heteroatoms. The highest BCUT2D eigenvalue weighted by atomic mass is 16.5. The number of nitrogens with zero attached hydrogens (tertiary/aromatic N) is 2. The lowest BCUT2D eigenvalue weighted by atomic mass is 10.0. The van der Waals surface area contributed by atoms with Crippen molar-refractivity contribution in [2.45, 2.75) is 26.3 Å². The van der Waals surface area contributed by atoms with Crippen LogP contribution in [0.25, 0.3) is 0 Å². The minimum absolute atomic E-state index is 0.0981. The Morgan fingerprint density at radius 1 is 1.10 bits per heavy atom. The summed E-state index contributed by atoms with van der Waals surface area (Å²) in [5, 5.41) is 6.09. The molecule has 2 aromatic carbocycles. The number of benzene rings is 2. The molecule has 30 heavy (non-hydrogen) atoms. The minimum atomic E-state index is -0.298. The van der Waals surface area contributed by atoms with E-state index in [0.717, 1.165) is 22.6 Å². The molecule has 154 valence electrons. The van der Waals surface area contributed by atoms with Gasteiger partial charge in [0.25, 0.3) is 5.91 Å². The van der Waals surface area contributed by atoms with E-state index in [1.165, 1.54) is 10.6 Å². The molecule has 1 atom stereocenters. The molecule has 1 unspecified atom stereocenters. The maximum Gasteiger partial charge on any atom is 0.281 e. The van der Waals surface area contributed by atoms with E-state index in [1.807, 2.05) is 68.4 Å². The lowest BCUT2D eigenvalue weighted by molar-refractivity contribution is -0.135. The molecule has 0 aliphatic carbocycles. The minimum Gasteiger partial charge on any atom is -0.497 e. The molecule has 0 saturated carbocycles. The molecule has 2 heterocycles. The summed E-state index contributed by atoms with van der Waals surface area (Å²) in [5.41, 5.74) is 4.06. The summed E-state index contributed by atoms with van der Waals surface area (Å²) in [6, 6.07) is 16.8. The van der Waals surface area contributed by atoms with Crippen molar-refractivity contribution in [3.63, 3.8) is 0 Å². The van der Waals surface area contributed by atoms with Crippen LogP contribution in [0.5, 0.6) is 11.5 Å². The summed E-state index contributed by atoms with van der Waals surface area (Å²) in [6.45, 7) is 3.96. The molecule has 6 nitrogen and oxygen atoms in total. The number of hydrogen-bond acceptors (Lipinski definition) is 5. The van der Waals surface area contributed by atoms with Crippen LogP contribution in [0.3, 0.4) is 0 Å². The maximum atomic E-state index is 13.0. The van der Waals surface area contributed by atoms with Gasteiger partial charge < -0.3 is 13.9 Å². The Morgan fingerprint density at radius 2 is 1.87 bits per heavy atom. The highest BCUT2D eigenvalue weighted by molar-refractivity contribution is 6.03. The average molecular weight is 404 g/mol. The van der Waals surface area contributed by atoms with Crippen LogP contribution in [-0.4, -0.2) is 30.3 Å². The zero-order valence-corrected chi connectivity index (χ0v) is 17.3. The zero-order chi connectivity index (χ0) is 21.1. The fourth-order valence-corrected chi connectivity index (χ4v) is 3.42. The van der Waals surface area contributed by atoms with E-state index < -0.39 is 0 Å². The summed E-state index contributed by atoms with van der Waals surface area (Å²) in [7, 11) is 1.63. The highest BCUT2D eigenvalue weighted by Crippen LogP contribution is 2.33. The van der Waals surface area contributed by atoms with Gasteiger partial charge in [-0.1, -0.05) is 6.07 Å². The van der Waals surface area contributed by atoms with Gasteiger partial charge in [0, 0.05) is 6.42 Å². The van der Waals surface area contributed by atoms with Gasteiger partial charge >= 0.3 is 0 Å². The van der Waals surface area contributed by atoms with Gasteiger partial charge in [0.15, 0.2) is 6.61 Å². The standard InChI is InChI=1S/C24H24N2O4/c1-16-6-9-20(13-17(16)2)30-15-24(27)26-22(23-5-4-12-29-23)14-21(25-26)18-7-10-19(28-3)11-8-18/h4-13,22H,14-15H2,1-3H3. The quantitative estimate of drug-likeness (QED) is 0.599. The van der Waals surface area contributed by atoms with Gasteiger partial charge in [-0.15, -0.1) is 0 Å². The molecule has 0 fully saturated rings. The first-order valence-electron chi connectivity index (χ1n) is 9.82. The van der Waals surface area contributed by atoms with Crippen LogP contribution in [0.2, 0.25) is 0 Å². The van der Waals surface area contributed by atoms with Crippen molar-refractivity contribution in [3.05, 3.63) is 83.3 Å². The van der Waals surface area contributed by atoms with E-state index >= 15 is 0 Å². The van der Waals surface area contributed by atoms with Crippen molar-refractivity contribution in [3.8, 4) is 11.5 Å². The number of carbonyl (C=O) groups is 1. The number of carbonyl (C=O) groups excluding carboxylic acids is 1. The predicted octanol–water partition coefficient (Wildman–Crippen LogP) is 4.66. The van der Waals surface area contributed by atoms with E-state index in [9.17, 15) is 4.79 Å². The van der Waals surface area contributed by atoms with Crippen LogP contribution >= 0.6 is 0 Å². The largest absolute Gasteiger partial charge is 0.497 e. The Labute approximate surface area is 175 Å². The smallest absolute Gasteiger partial charge is 0.281 e. The summed E-state index contributed by atoms with van der Waals surface area (Å²) in [6.07, 6.45) is 2.17. The molecule has 1 aromatic heterocycles. The van der Waals surface area contributed by atoms with Gasteiger partial charge in [-0.25, -0.2) is 5.01 Å². The molecular weight excluding hydrogens is 380 g/mol. The van der Waals surface area contributed by atoms with Crippen molar-refractivity contribution in [2.24, 2.45) is 5.10 Å². The number of aryl methyl sites for hydroxylation is 2. The van der Waals surface area contributed by atoms with Crippen molar-refractivity contribution in [1.82, 2.24) is 5.01 Å². The Kier molecular flexibility index (Phi) is 5.57. The molecule has 1 aliphatic heterocycles. The van der Waals surface area contributed by atoms with Crippen molar-refractivity contribution < 1.29 is 18.7 Å². The van der Waals surface area contributed by atoms with E-state index in [4.69, 9.17) is 13.9 Å². The molecular formula is C24H24N2O4. The number of methoxy groups -OCH3 is 1. The molecule has 3 aromatic rings. The number of hydrazone groups is 1.